The smallest absolute Gasteiger partial charge is 0.212 e. The third-order valence-corrected chi connectivity index (χ3v) is 5.69. The highest BCUT2D eigenvalue weighted by Gasteiger charge is 2.53. The summed E-state index contributed by atoms with van der Waals surface area (Å²) in [5.74, 6) is -0.510. The SMILES string of the molecule is O=S(=O)(Cl)C1(Cc2ccc(F)c(Cl)c2)CC1. The lowest BCUT2D eigenvalue weighted by atomic mass is 10.1. The normalized spacial score (nSPS) is 18.4. The Morgan fingerprint density at radius 1 is 1.38 bits per heavy atom. The van der Waals surface area contributed by atoms with E-state index in [1.165, 1.54) is 18.2 Å². The third kappa shape index (κ3) is 2.19. The second-order valence-electron chi connectivity index (χ2n) is 4.05. The highest BCUT2D eigenvalue weighted by Crippen LogP contribution is 2.48. The summed E-state index contributed by atoms with van der Waals surface area (Å²) in [6, 6.07) is 4.21. The number of benzene rings is 1. The van der Waals surface area contributed by atoms with Crippen LogP contribution in [-0.4, -0.2) is 13.2 Å². The topological polar surface area (TPSA) is 34.1 Å². The summed E-state index contributed by atoms with van der Waals surface area (Å²) in [5, 5.41) is 0.000250. The third-order valence-electron chi connectivity index (χ3n) is 2.84. The maximum Gasteiger partial charge on any atom is 0.238 e. The Labute approximate surface area is 103 Å². The summed E-state index contributed by atoms with van der Waals surface area (Å²) < 4.78 is 34.7. The van der Waals surface area contributed by atoms with Crippen molar-refractivity contribution in [3.63, 3.8) is 0 Å². The van der Waals surface area contributed by atoms with E-state index in [4.69, 9.17) is 22.3 Å². The molecule has 1 fully saturated rings. The average Bonchev–Trinajstić information content (AvgIpc) is 2.91. The molecule has 1 aromatic rings. The molecule has 1 saturated carbocycles. The molecule has 0 saturated heterocycles. The van der Waals surface area contributed by atoms with Crippen molar-refractivity contribution in [2.24, 2.45) is 0 Å². The fourth-order valence-corrected chi connectivity index (χ4v) is 3.43. The maximum absolute atomic E-state index is 12.9. The zero-order valence-electron chi connectivity index (χ0n) is 8.21. The minimum Gasteiger partial charge on any atom is -0.212 e. The van der Waals surface area contributed by atoms with E-state index in [2.05, 4.69) is 0 Å². The number of hydrogen-bond acceptors (Lipinski definition) is 2. The Morgan fingerprint density at radius 3 is 2.44 bits per heavy atom. The summed E-state index contributed by atoms with van der Waals surface area (Å²) in [6.45, 7) is 0. The molecular weight excluding hydrogens is 274 g/mol. The van der Waals surface area contributed by atoms with Crippen LogP contribution in [0, 0.1) is 5.82 Å². The first-order chi connectivity index (χ1) is 7.34. The zero-order chi connectivity index (χ0) is 12.0. The van der Waals surface area contributed by atoms with Crippen LogP contribution in [0.5, 0.6) is 0 Å². The summed E-state index contributed by atoms with van der Waals surface area (Å²) in [7, 11) is 1.80. The van der Waals surface area contributed by atoms with Gasteiger partial charge in [-0.1, -0.05) is 17.7 Å². The molecule has 2 rings (SSSR count). The van der Waals surface area contributed by atoms with Gasteiger partial charge < -0.3 is 0 Å². The number of rotatable bonds is 3. The Balaban J connectivity index is 2.26. The van der Waals surface area contributed by atoms with E-state index in [1.54, 1.807) is 0 Å². The van der Waals surface area contributed by atoms with Gasteiger partial charge in [0.2, 0.25) is 9.05 Å². The van der Waals surface area contributed by atoms with Crippen molar-refractivity contribution in [1.82, 2.24) is 0 Å². The second-order valence-corrected chi connectivity index (χ2v) is 7.41. The predicted octanol–water partition coefficient (Wildman–Crippen LogP) is 3.12. The van der Waals surface area contributed by atoms with Gasteiger partial charge >= 0.3 is 0 Å². The highest BCUT2D eigenvalue weighted by atomic mass is 35.7. The van der Waals surface area contributed by atoms with Crippen molar-refractivity contribution in [1.29, 1.82) is 0 Å². The van der Waals surface area contributed by atoms with Crippen molar-refractivity contribution < 1.29 is 12.8 Å². The molecule has 1 aromatic carbocycles. The van der Waals surface area contributed by atoms with Crippen LogP contribution < -0.4 is 0 Å². The van der Waals surface area contributed by atoms with Gasteiger partial charge in [-0.25, -0.2) is 12.8 Å². The van der Waals surface area contributed by atoms with Gasteiger partial charge in [0.1, 0.15) is 5.82 Å². The lowest BCUT2D eigenvalue weighted by Crippen LogP contribution is -2.20. The first kappa shape index (κ1) is 12.1. The van der Waals surface area contributed by atoms with Gasteiger partial charge in [0.25, 0.3) is 0 Å². The zero-order valence-corrected chi connectivity index (χ0v) is 10.5. The number of halogens is 3. The molecule has 16 heavy (non-hydrogen) atoms. The molecule has 1 aliphatic rings. The van der Waals surface area contributed by atoms with Crippen molar-refractivity contribution in [2.45, 2.75) is 24.0 Å². The summed E-state index contributed by atoms with van der Waals surface area (Å²) in [4.78, 5) is 0. The Hall–Kier alpha value is -0.320. The lowest BCUT2D eigenvalue weighted by Gasteiger charge is -2.11. The molecule has 0 heterocycles. The van der Waals surface area contributed by atoms with E-state index in [0.29, 0.717) is 24.8 Å². The summed E-state index contributed by atoms with van der Waals surface area (Å²) in [6.07, 6.45) is 1.39. The van der Waals surface area contributed by atoms with E-state index < -0.39 is 19.6 Å². The molecule has 0 aromatic heterocycles. The van der Waals surface area contributed by atoms with Gasteiger partial charge in [0, 0.05) is 10.7 Å². The standard InChI is InChI=1S/C10H9Cl2FO2S/c11-8-5-7(1-2-9(8)13)6-10(3-4-10)16(12,14)15/h1-2,5H,3-4,6H2. The Bertz CT molecular complexity index is 524. The first-order valence-corrected chi connectivity index (χ1v) is 7.41. The van der Waals surface area contributed by atoms with Gasteiger partial charge in [-0.3, -0.25) is 0 Å². The molecular formula is C10H9Cl2FO2S. The first-order valence-electron chi connectivity index (χ1n) is 4.72. The Kier molecular flexibility index (Phi) is 2.93. The molecule has 0 bridgehead atoms. The van der Waals surface area contributed by atoms with E-state index in [-0.39, 0.29) is 5.02 Å². The molecule has 2 nitrogen and oxygen atoms in total. The van der Waals surface area contributed by atoms with Crippen LogP contribution in [0.15, 0.2) is 18.2 Å². The van der Waals surface area contributed by atoms with Crippen LogP contribution in [0.3, 0.4) is 0 Å². The van der Waals surface area contributed by atoms with Crippen molar-refractivity contribution in [3.8, 4) is 0 Å². The molecule has 0 radical (unpaired) electrons. The molecule has 88 valence electrons. The molecule has 0 atom stereocenters. The number of hydrogen-bond donors (Lipinski definition) is 0. The summed E-state index contributed by atoms with van der Waals surface area (Å²) >= 11 is 5.62. The van der Waals surface area contributed by atoms with E-state index >= 15 is 0 Å². The monoisotopic (exact) mass is 282 g/mol. The van der Waals surface area contributed by atoms with Gasteiger partial charge in [0.15, 0.2) is 0 Å². The van der Waals surface area contributed by atoms with Crippen LogP contribution in [0.2, 0.25) is 5.02 Å². The fourth-order valence-electron chi connectivity index (χ4n) is 1.67. The van der Waals surface area contributed by atoms with E-state index in [0.717, 1.165) is 0 Å². The maximum atomic E-state index is 12.9. The molecule has 0 amide bonds. The van der Waals surface area contributed by atoms with Crippen LogP contribution in [0.4, 0.5) is 4.39 Å². The highest BCUT2D eigenvalue weighted by molar-refractivity contribution is 8.15. The lowest BCUT2D eigenvalue weighted by molar-refractivity contribution is 0.590. The van der Waals surface area contributed by atoms with Gasteiger partial charge in [-0.2, -0.15) is 0 Å². The fraction of sp³-hybridized carbons (Fsp3) is 0.400. The molecule has 0 aliphatic heterocycles. The molecule has 0 unspecified atom stereocenters. The van der Waals surface area contributed by atoms with Crippen LogP contribution in [0.25, 0.3) is 0 Å². The van der Waals surface area contributed by atoms with E-state index in [1.807, 2.05) is 0 Å². The summed E-state index contributed by atoms with van der Waals surface area (Å²) in [5.41, 5.74) is 0.688. The largest absolute Gasteiger partial charge is 0.238 e. The molecule has 0 spiro atoms. The predicted molar refractivity (Wildman–Crippen MR) is 61.9 cm³/mol. The minimum atomic E-state index is -3.58. The van der Waals surface area contributed by atoms with Crippen LogP contribution in [-0.2, 0) is 15.5 Å². The van der Waals surface area contributed by atoms with Gasteiger partial charge in [0.05, 0.1) is 9.77 Å². The Morgan fingerprint density at radius 2 is 2.00 bits per heavy atom. The van der Waals surface area contributed by atoms with Crippen LogP contribution in [0.1, 0.15) is 18.4 Å². The molecule has 1 aliphatic carbocycles. The quantitative estimate of drug-likeness (QED) is 0.799. The average molecular weight is 283 g/mol. The van der Waals surface area contributed by atoms with Crippen LogP contribution >= 0.6 is 22.3 Å². The van der Waals surface area contributed by atoms with Crippen molar-refractivity contribution in [3.05, 3.63) is 34.6 Å². The van der Waals surface area contributed by atoms with Crippen molar-refractivity contribution in [2.75, 3.05) is 0 Å². The minimum absolute atomic E-state index is 0.000250. The molecule has 6 heteroatoms. The second kappa shape index (κ2) is 3.86. The van der Waals surface area contributed by atoms with Gasteiger partial charge in [-0.05, 0) is 37.0 Å². The van der Waals surface area contributed by atoms with E-state index in [9.17, 15) is 12.8 Å². The van der Waals surface area contributed by atoms with Crippen molar-refractivity contribution >= 4 is 31.3 Å². The van der Waals surface area contributed by atoms with Gasteiger partial charge in [-0.15, -0.1) is 0 Å². The molecule has 0 N–H and O–H groups in total.